The Kier molecular flexibility index (Phi) is 10.4. The van der Waals surface area contributed by atoms with Gasteiger partial charge in [0, 0.05) is 31.2 Å². The van der Waals surface area contributed by atoms with Crippen molar-refractivity contribution in [3.63, 3.8) is 0 Å². The Morgan fingerprint density at radius 1 is 0.944 bits per heavy atom. The molecule has 0 aliphatic heterocycles. The maximum Gasteiger partial charge on any atom is 0.326 e. The molecule has 0 saturated carbocycles. The van der Waals surface area contributed by atoms with E-state index < -0.39 is 54.3 Å². The molecule has 1 aromatic carbocycles. The second-order valence-electron chi connectivity index (χ2n) is 7.94. The van der Waals surface area contributed by atoms with Crippen molar-refractivity contribution in [3.05, 3.63) is 48.0 Å². The highest BCUT2D eigenvalue weighted by Crippen LogP contribution is 2.12. The van der Waals surface area contributed by atoms with E-state index in [0.29, 0.717) is 11.3 Å². The number of aromatic amines is 1. The molecule has 2 rings (SSSR count). The molecular weight excluding hydrogens is 474 g/mol. The molecule has 4 amide bonds. The van der Waals surface area contributed by atoms with E-state index in [-0.39, 0.29) is 31.4 Å². The van der Waals surface area contributed by atoms with Crippen LogP contribution in [0.3, 0.4) is 0 Å². The number of aromatic nitrogens is 2. The number of amides is 4. The van der Waals surface area contributed by atoms with Crippen molar-refractivity contribution in [3.8, 4) is 5.75 Å². The van der Waals surface area contributed by atoms with E-state index in [1.165, 1.54) is 24.7 Å². The Bertz CT molecular complexity index is 1060. The molecule has 1 heterocycles. The van der Waals surface area contributed by atoms with Gasteiger partial charge >= 0.3 is 5.97 Å². The predicted octanol–water partition coefficient (Wildman–Crippen LogP) is -2.34. The van der Waals surface area contributed by atoms with Crippen LogP contribution >= 0.6 is 0 Å². The van der Waals surface area contributed by atoms with Gasteiger partial charge in [0.25, 0.3) is 0 Å². The Balaban J connectivity index is 2.19. The van der Waals surface area contributed by atoms with Crippen LogP contribution in [0, 0.1) is 0 Å². The van der Waals surface area contributed by atoms with Crippen LogP contribution in [-0.4, -0.2) is 74.4 Å². The molecular formula is C22H29N7O7. The van der Waals surface area contributed by atoms with Gasteiger partial charge in [-0.1, -0.05) is 12.1 Å². The summed E-state index contributed by atoms with van der Waals surface area (Å²) in [5.74, 6) is -4.29. The van der Waals surface area contributed by atoms with Gasteiger partial charge in [-0.25, -0.2) is 9.78 Å². The zero-order chi connectivity index (χ0) is 26.7. The average Bonchev–Trinajstić information content (AvgIpc) is 3.34. The minimum atomic E-state index is -1.35. The summed E-state index contributed by atoms with van der Waals surface area (Å²) in [7, 11) is 0. The van der Waals surface area contributed by atoms with Crippen LogP contribution in [-0.2, 0) is 36.8 Å². The predicted molar refractivity (Wildman–Crippen MR) is 125 cm³/mol. The van der Waals surface area contributed by atoms with Gasteiger partial charge in [0.1, 0.15) is 23.9 Å². The van der Waals surface area contributed by atoms with E-state index in [9.17, 15) is 34.2 Å². The number of aromatic hydroxyl groups is 1. The second-order valence-corrected chi connectivity index (χ2v) is 7.94. The van der Waals surface area contributed by atoms with Gasteiger partial charge in [0.15, 0.2) is 0 Å². The summed E-state index contributed by atoms with van der Waals surface area (Å²) in [4.78, 5) is 67.4. The normalized spacial score (nSPS) is 13.1. The molecule has 194 valence electrons. The van der Waals surface area contributed by atoms with E-state index in [0.717, 1.165) is 0 Å². The maximum atomic E-state index is 13.1. The lowest BCUT2D eigenvalue weighted by Crippen LogP contribution is -2.57. The largest absolute Gasteiger partial charge is 0.508 e. The molecule has 36 heavy (non-hydrogen) atoms. The summed E-state index contributed by atoms with van der Waals surface area (Å²) in [6, 6.07) is 2.08. The molecule has 10 N–H and O–H groups in total. The molecule has 3 atom stereocenters. The van der Waals surface area contributed by atoms with Crippen molar-refractivity contribution in [2.24, 2.45) is 11.5 Å². The van der Waals surface area contributed by atoms with E-state index in [2.05, 4.69) is 25.9 Å². The Morgan fingerprint density at radius 2 is 1.58 bits per heavy atom. The van der Waals surface area contributed by atoms with Gasteiger partial charge < -0.3 is 42.6 Å². The number of primary amides is 1. The van der Waals surface area contributed by atoms with Gasteiger partial charge in [-0.2, -0.15) is 0 Å². The molecule has 3 unspecified atom stereocenters. The lowest BCUT2D eigenvalue weighted by molar-refractivity contribution is -0.142. The minimum Gasteiger partial charge on any atom is -0.508 e. The van der Waals surface area contributed by atoms with Crippen LogP contribution in [0.1, 0.15) is 24.1 Å². The number of hydrogen-bond acceptors (Lipinski definition) is 8. The van der Waals surface area contributed by atoms with Crippen LogP contribution in [0.15, 0.2) is 36.8 Å². The van der Waals surface area contributed by atoms with Crippen LogP contribution in [0.2, 0.25) is 0 Å². The maximum absolute atomic E-state index is 13.1. The third kappa shape index (κ3) is 9.06. The van der Waals surface area contributed by atoms with Crippen molar-refractivity contribution in [1.29, 1.82) is 0 Å². The smallest absolute Gasteiger partial charge is 0.326 e. The van der Waals surface area contributed by atoms with Crippen LogP contribution in [0.4, 0.5) is 0 Å². The van der Waals surface area contributed by atoms with Crippen LogP contribution < -0.4 is 27.4 Å². The summed E-state index contributed by atoms with van der Waals surface area (Å²) in [6.07, 6.45) is 2.18. The molecule has 0 fully saturated rings. The minimum absolute atomic E-state index is 0.000410. The standard InChI is InChI=1S/C22H29N7O7/c23-9-19(32)27-16(7-12-1-3-14(30)4-2-12)21(34)28-15(5-6-18(24)31)20(33)29-17(22(35)36)8-13-10-25-11-26-13/h1-4,10-11,15-17,30H,5-9,23H2,(H2,24,31)(H,25,26)(H,27,32)(H,28,34)(H,29,33)(H,35,36). The Morgan fingerprint density at radius 3 is 2.14 bits per heavy atom. The number of hydrogen-bond donors (Lipinski definition) is 8. The van der Waals surface area contributed by atoms with Gasteiger partial charge in [-0.3, -0.25) is 19.2 Å². The van der Waals surface area contributed by atoms with Crippen molar-refractivity contribution in [2.45, 2.75) is 43.8 Å². The van der Waals surface area contributed by atoms with E-state index in [1.807, 2.05) is 0 Å². The second kappa shape index (κ2) is 13.4. The summed E-state index contributed by atoms with van der Waals surface area (Å²) in [5.41, 5.74) is 11.6. The SMILES string of the molecule is NCC(=O)NC(Cc1ccc(O)cc1)C(=O)NC(CCC(N)=O)C(=O)NC(Cc1cnc[nH]1)C(=O)O. The van der Waals surface area contributed by atoms with Crippen molar-refractivity contribution >= 4 is 29.6 Å². The van der Waals surface area contributed by atoms with Crippen molar-refractivity contribution in [1.82, 2.24) is 25.9 Å². The van der Waals surface area contributed by atoms with Crippen LogP contribution in [0.25, 0.3) is 0 Å². The number of nitrogens with one attached hydrogen (secondary N) is 4. The number of carboxylic acids is 1. The molecule has 1 aromatic heterocycles. The number of aliphatic carboxylic acids is 1. The first-order valence-electron chi connectivity index (χ1n) is 11.0. The van der Waals surface area contributed by atoms with Gasteiger partial charge in [0.2, 0.25) is 23.6 Å². The van der Waals surface area contributed by atoms with Gasteiger partial charge in [-0.15, -0.1) is 0 Å². The summed E-state index contributed by atoms with van der Waals surface area (Å²) in [6.45, 7) is -0.390. The third-order valence-corrected chi connectivity index (χ3v) is 5.12. The first-order valence-corrected chi connectivity index (χ1v) is 11.0. The zero-order valence-corrected chi connectivity index (χ0v) is 19.3. The van der Waals surface area contributed by atoms with E-state index in [4.69, 9.17) is 11.5 Å². The first kappa shape index (κ1) is 27.8. The van der Waals surface area contributed by atoms with Crippen LogP contribution in [0.5, 0.6) is 5.75 Å². The topological polar surface area (TPSA) is 243 Å². The third-order valence-electron chi connectivity index (χ3n) is 5.12. The highest BCUT2D eigenvalue weighted by atomic mass is 16.4. The number of phenols is 1. The fourth-order valence-electron chi connectivity index (χ4n) is 3.25. The fourth-order valence-corrected chi connectivity index (χ4v) is 3.25. The van der Waals surface area contributed by atoms with Crippen molar-refractivity contribution < 1.29 is 34.2 Å². The quantitative estimate of drug-likeness (QED) is 0.137. The molecule has 0 aliphatic rings. The summed E-state index contributed by atoms with van der Waals surface area (Å²) in [5, 5.41) is 26.2. The summed E-state index contributed by atoms with van der Waals surface area (Å²) < 4.78 is 0. The molecule has 0 bridgehead atoms. The van der Waals surface area contributed by atoms with Gasteiger partial charge in [0.05, 0.1) is 12.9 Å². The molecule has 2 aromatic rings. The lowest BCUT2D eigenvalue weighted by Gasteiger charge is -2.24. The number of carbonyl (C=O) groups excluding carboxylic acids is 4. The number of benzene rings is 1. The number of rotatable bonds is 14. The molecule has 0 spiro atoms. The fraction of sp³-hybridized carbons (Fsp3) is 0.364. The molecule has 0 saturated heterocycles. The highest BCUT2D eigenvalue weighted by Gasteiger charge is 2.30. The molecule has 0 aliphatic carbocycles. The number of nitrogens with zero attached hydrogens (tertiary/aromatic N) is 1. The first-order chi connectivity index (χ1) is 17.1. The number of carbonyl (C=O) groups is 5. The average molecular weight is 504 g/mol. The Labute approximate surface area is 205 Å². The lowest BCUT2D eigenvalue weighted by atomic mass is 10.0. The van der Waals surface area contributed by atoms with E-state index in [1.54, 1.807) is 12.1 Å². The summed E-state index contributed by atoms with van der Waals surface area (Å²) >= 11 is 0. The number of nitrogens with two attached hydrogens (primary N) is 2. The zero-order valence-electron chi connectivity index (χ0n) is 19.3. The highest BCUT2D eigenvalue weighted by molar-refractivity contribution is 5.94. The number of carboxylic acid groups (broad SMARTS) is 1. The Hall–Kier alpha value is -4.46. The molecule has 14 heteroatoms. The number of imidazole rings is 1. The van der Waals surface area contributed by atoms with Gasteiger partial charge in [-0.05, 0) is 24.1 Å². The molecule has 0 radical (unpaired) electrons. The van der Waals surface area contributed by atoms with E-state index >= 15 is 0 Å². The molecule has 14 nitrogen and oxygen atoms in total. The number of phenolic OH excluding ortho intramolecular Hbond substituents is 1. The van der Waals surface area contributed by atoms with Crippen molar-refractivity contribution in [2.75, 3.05) is 6.54 Å². The monoisotopic (exact) mass is 503 g/mol. The number of H-pyrrole nitrogens is 1.